The maximum Gasteiger partial charge on any atom is 0.151 e. The lowest BCUT2D eigenvalue weighted by molar-refractivity contribution is 1.98. The highest BCUT2D eigenvalue weighted by molar-refractivity contribution is 9.16. The van der Waals surface area contributed by atoms with Crippen molar-refractivity contribution in [2.75, 3.05) is 0 Å². The highest BCUT2D eigenvalue weighted by Crippen LogP contribution is 2.50. The molecule has 10 heavy (non-hydrogen) atoms. The molecule has 0 radical (unpaired) electrons. The summed E-state index contributed by atoms with van der Waals surface area (Å²) >= 11 is 0. The Bertz CT molecular complexity index is 176. The highest BCUT2D eigenvalue weighted by atomic mass is 33.5. The fourth-order valence-corrected chi connectivity index (χ4v) is 7.07. The van der Waals surface area contributed by atoms with Crippen LogP contribution in [-0.2, 0) is 0 Å². The summed E-state index contributed by atoms with van der Waals surface area (Å²) < 4.78 is 8.40. The molecule has 0 spiro atoms. The zero-order chi connectivity index (χ0) is 6.81. The summed E-state index contributed by atoms with van der Waals surface area (Å²) in [5.74, 6) is 0. The van der Waals surface area contributed by atoms with Crippen LogP contribution < -0.4 is 0 Å². The molecule has 2 rings (SSSR count). The smallest absolute Gasteiger partial charge is 0.151 e. The maximum atomic E-state index is 4.20. The molecule has 0 N–H and O–H groups in total. The molecular weight excluding hydrogens is 244 g/mol. The summed E-state index contributed by atoms with van der Waals surface area (Å²) in [7, 11) is 9.80. The molecule has 2 aliphatic rings. The molecule has 0 bridgehead atoms. The van der Waals surface area contributed by atoms with Crippen LogP contribution in [0.1, 0.15) is 0 Å². The fraction of sp³-hybridized carbons (Fsp3) is 0. The van der Waals surface area contributed by atoms with E-state index in [1.165, 1.54) is 22.0 Å². The molecule has 0 saturated heterocycles. The first kappa shape index (κ1) is 8.06. The van der Waals surface area contributed by atoms with Crippen LogP contribution in [0, 0.1) is 0 Å². The molecule has 54 valence electrons. The fourth-order valence-electron chi connectivity index (χ4n) is 0.373. The topological polar surface area (TPSA) is 24.7 Å². The Morgan fingerprint density at radius 3 is 1.60 bits per heavy atom. The Kier molecular flexibility index (Phi) is 3.14. The van der Waals surface area contributed by atoms with Gasteiger partial charge >= 0.3 is 0 Å². The molecule has 2 aliphatic heterocycles. The molecular formula is C2N2S6. The van der Waals surface area contributed by atoms with Crippen LogP contribution in [0.5, 0.6) is 0 Å². The van der Waals surface area contributed by atoms with Crippen molar-refractivity contribution in [3.05, 3.63) is 0 Å². The van der Waals surface area contributed by atoms with Crippen molar-refractivity contribution in [3.63, 3.8) is 0 Å². The summed E-state index contributed by atoms with van der Waals surface area (Å²) in [4.78, 5) is 0. The van der Waals surface area contributed by atoms with Crippen molar-refractivity contribution in [3.8, 4) is 0 Å². The lowest BCUT2D eigenvalue weighted by Gasteiger charge is -1.89. The Hall–Kier alpha value is 1.44. The molecule has 2 heterocycles. The van der Waals surface area contributed by atoms with Gasteiger partial charge in [-0.3, -0.25) is 0 Å². The average molecular weight is 244 g/mol. The van der Waals surface area contributed by atoms with Gasteiger partial charge in [0.15, 0.2) is 10.1 Å². The van der Waals surface area contributed by atoms with Crippen molar-refractivity contribution >= 4 is 73.3 Å². The molecule has 2 nitrogen and oxygen atoms in total. The van der Waals surface area contributed by atoms with Gasteiger partial charge in [-0.25, -0.2) is 0 Å². The van der Waals surface area contributed by atoms with E-state index in [0.29, 0.717) is 0 Å². The molecule has 0 unspecified atom stereocenters. The molecule has 0 atom stereocenters. The third kappa shape index (κ3) is 1.78. The van der Waals surface area contributed by atoms with E-state index in [-0.39, 0.29) is 0 Å². The van der Waals surface area contributed by atoms with Crippen molar-refractivity contribution in [2.45, 2.75) is 0 Å². The predicted molar refractivity (Wildman–Crippen MR) is 60.4 cm³/mol. The van der Waals surface area contributed by atoms with Crippen LogP contribution >= 0.6 is 63.2 Å². The van der Waals surface area contributed by atoms with Crippen LogP contribution in [0.25, 0.3) is 0 Å². The van der Waals surface area contributed by atoms with Crippen molar-refractivity contribution < 1.29 is 0 Å². The third-order valence-electron chi connectivity index (χ3n) is 0.710. The Morgan fingerprint density at radius 1 is 0.800 bits per heavy atom. The first-order chi connectivity index (χ1) is 4.97. The van der Waals surface area contributed by atoms with Gasteiger partial charge < -0.3 is 0 Å². The zero-order valence-corrected chi connectivity index (χ0v) is 9.24. The standard InChI is InChI=1S/C2N2S6/c3-1(5-9-7-3)2-4-8-10-6-2. The molecule has 0 fully saturated rings. The zero-order valence-electron chi connectivity index (χ0n) is 4.34. The largest absolute Gasteiger partial charge is 0.194 e. The SMILES string of the molecule is N1=C(C2=NSSS2)SSS1. The third-order valence-corrected chi connectivity index (χ3v) is 7.22. The van der Waals surface area contributed by atoms with Gasteiger partial charge in [-0.2, -0.15) is 8.80 Å². The lowest BCUT2D eigenvalue weighted by Crippen LogP contribution is -1.97. The van der Waals surface area contributed by atoms with E-state index in [1.54, 1.807) is 41.2 Å². The summed E-state index contributed by atoms with van der Waals surface area (Å²) in [6, 6.07) is 0. The first-order valence-electron chi connectivity index (χ1n) is 2.14. The molecule has 8 heteroatoms. The van der Waals surface area contributed by atoms with E-state index in [4.69, 9.17) is 0 Å². The van der Waals surface area contributed by atoms with E-state index >= 15 is 0 Å². The average Bonchev–Trinajstić information content (AvgIpc) is 2.59. The van der Waals surface area contributed by atoms with Crippen LogP contribution in [0.3, 0.4) is 0 Å². The molecule has 0 aromatic heterocycles. The lowest BCUT2D eigenvalue weighted by atomic mass is 10.8. The van der Waals surface area contributed by atoms with E-state index < -0.39 is 0 Å². The van der Waals surface area contributed by atoms with Gasteiger partial charge in [0, 0.05) is 19.7 Å². The van der Waals surface area contributed by atoms with E-state index in [1.807, 2.05) is 0 Å². The maximum absolute atomic E-state index is 4.20. The van der Waals surface area contributed by atoms with Gasteiger partial charge in [0.05, 0.1) is 22.0 Å². The van der Waals surface area contributed by atoms with Crippen LogP contribution in [-0.4, -0.2) is 10.1 Å². The molecule has 0 saturated carbocycles. The summed E-state index contributed by atoms with van der Waals surface area (Å²) in [5, 5.41) is 2.13. The second kappa shape index (κ2) is 3.90. The van der Waals surface area contributed by atoms with Gasteiger partial charge in [-0.15, -0.1) is 0 Å². The minimum Gasteiger partial charge on any atom is -0.194 e. The minimum atomic E-state index is 1.07. The van der Waals surface area contributed by atoms with Gasteiger partial charge in [0.2, 0.25) is 0 Å². The second-order valence-corrected chi connectivity index (χ2v) is 8.45. The van der Waals surface area contributed by atoms with Gasteiger partial charge in [0.1, 0.15) is 0 Å². The Balaban J connectivity index is 2.10. The summed E-state index contributed by atoms with van der Waals surface area (Å²) in [6.07, 6.45) is 0. The molecule has 0 aromatic rings. The number of hydrogen-bond acceptors (Lipinski definition) is 8. The van der Waals surface area contributed by atoms with Crippen molar-refractivity contribution in [1.82, 2.24) is 0 Å². The van der Waals surface area contributed by atoms with E-state index in [2.05, 4.69) is 8.80 Å². The van der Waals surface area contributed by atoms with Gasteiger partial charge in [-0.1, -0.05) is 0 Å². The van der Waals surface area contributed by atoms with Gasteiger partial charge in [0.25, 0.3) is 0 Å². The van der Waals surface area contributed by atoms with Crippen LogP contribution in [0.2, 0.25) is 0 Å². The quantitative estimate of drug-likeness (QED) is 0.515. The molecule has 0 aliphatic carbocycles. The van der Waals surface area contributed by atoms with Gasteiger partial charge in [-0.05, 0) is 21.6 Å². The Labute approximate surface area is 81.5 Å². The van der Waals surface area contributed by atoms with Crippen LogP contribution in [0.15, 0.2) is 8.80 Å². The molecule has 0 aromatic carbocycles. The first-order valence-corrected chi connectivity index (χ1v) is 9.02. The van der Waals surface area contributed by atoms with Crippen molar-refractivity contribution in [2.24, 2.45) is 8.80 Å². The Morgan fingerprint density at radius 2 is 1.30 bits per heavy atom. The summed E-state index contributed by atoms with van der Waals surface area (Å²) in [5.41, 5.74) is 0. The second-order valence-electron chi connectivity index (χ2n) is 1.24. The number of nitrogens with zero attached hydrogens (tertiary/aromatic N) is 2. The monoisotopic (exact) mass is 244 g/mol. The highest BCUT2D eigenvalue weighted by Gasteiger charge is 2.20. The van der Waals surface area contributed by atoms with Crippen LogP contribution in [0.4, 0.5) is 0 Å². The van der Waals surface area contributed by atoms with E-state index in [9.17, 15) is 0 Å². The normalized spacial score (nSPS) is 24.8. The van der Waals surface area contributed by atoms with Crippen molar-refractivity contribution in [1.29, 1.82) is 0 Å². The predicted octanol–water partition coefficient (Wildman–Crippen LogP) is 3.70. The summed E-state index contributed by atoms with van der Waals surface area (Å²) in [6.45, 7) is 0. The molecule has 0 amide bonds. The van der Waals surface area contributed by atoms with E-state index in [0.717, 1.165) is 10.1 Å². The number of hydrogen-bond donors (Lipinski definition) is 0. The number of rotatable bonds is 1. The minimum absolute atomic E-state index is 1.07.